The van der Waals surface area contributed by atoms with Crippen molar-refractivity contribution in [3.05, 3.63) is 42.4 Å². The summed E-state index contributed by atoms with van der Waals surface area (Å²) in [6.45, 7) is 0. The van der Waals surface area contributed by atoms with Gasteiger partial charge in [0.2, 0.25) is 5.91 Å². The average molecular weight is 283 g/mol. The molecule has 1 aliphatic heterocycles. The molecule has 0 bridgehead atoms. The van der Waals surface area contributed by atoms with Crippen LogP contribution in [-0.2, 0) is 15.2 Å². The molecule has 0 saturated heterocycles. The lowest BCUT2D eigenvalue weighted by atomic mass is 9.64. The molecular formula is C16H17N3O2. The summed E-state index contributed by atoms with van der Waals surface area (Å²) in [4.78, 5) is 21.5. The molecule has 2 heterocycles. The summed E-state index contributed by atoms with van der Waals surface area (Å²) in [5.41, 5.74) is 3.60. The zero-order chi connectivity index (χ0) is 14.6. The molecule has 0 unspecified atom stereocenters. The molecule has 4 rings (SSSR count). The zero-order valence-electron chi connectivity index (χ0n) is 12.1. The fourth-order valence-corrected chi connectivity index (χ4v) is 3.77. The quantitative estimate of drug-likeness (QED) is 0.792. The van der Waals surface area contributed by atoms with Crippen LogP contribution in [0.4, 0.5) is 0 Å². The lowest BCUT2D eigenvalue weighted by Crippen LogP contribution is -2.50. The van der Waals surface area contributed by atoms with Crippen LogP contribution in [0, 0.1) is 5.92 Å². The molecule has 1 saturated carbocycles. The standard InChI is InChI=1S/C16H17N3O2/c1-18(21-2)15(20)11-7-16(8-11)13-6-4-3-5-12(13)14-9-17-10-19(14)16/h3-6,9-11H,7-8H2,1-2H3. The Hall–Kier alpha value is -2.14. The van der Waals surface area contributed by atoms with Gasteiger partial charge < -0.3 is 4.57 Å². The van der Waals surface area contributed by atoms with Gasteiger partial charge in [-0.25, -0.2) is 10.0 Å². The number of hydrogen-bond acceptors (Lipinski definition) is 3. The molecule has 1 aromatic carbocycles. The van der Waals surface area contributed by atoms with Crippen LogP contribution in [0.2, 0.25) is 0 Å². The van der Waals surface area contributed by atoms with Gasteiger partial charge in [0.25, 0.3) is 0 Å². The number of benzene rings is 1. The predicted molar refractivity (Wildman–Crippen MR) is 77.2 cm³/mol. The maximum Gasteiger partial charge on any atom is 0.249 e. The van der Waals surface area contributed by atoms with Crippen LogP contribution in [0.5, 0.6) is 0 Å². The highest BCUT2D eigenvalue weighted by Crippen LogP contribution is 2.56. The molecule has 21 heavy (non-hydrogen) atoms. The number of carbonyl (C=O) groups excluding carboxylic acids is 1. The van der Waals surface area contributed by atoms with Crippen LogP contribution in [-0.4, -0.2) is 34.7 Å². The molecule has 0 atom stereocenters. The maximum atomic E-state index is 12.2. The van der Waals surface area contributed by atoms with Gasteiger partial charge in [-0.05, 0) is 18.4 Å². The normalized spacial score (nSPS) is 25.3. The number of hydrogen-bond donors (Lipinski definition) is 0. The molecule has 108 valence electrons. The minimum atomic E-state index is -0.0999. The molecule has 2 aromatic rings. The summed E-state index contributed by atoms with van der Waals surface area (Å²) in [6, 6.07) is 8.42. The third-order valence-electron chi connectivity index (χ3n) is 4.91. The SMILES string of the molecule is CON(C)C(=O)C1CC2(C1)c1ccccc1-c1cncn12. The van der Waals surface area contributed by atoms with Crippen LogP contribution in [0.25, 0.3) is 11.3 Å². The number of nitrogens with zero attached hydrogens (tertiary/aromatic N) is 3. The van der Waals surface area contributed by atoms with Crippen LogP contribution in [0.1, 0.15) is 18.4 Å². The van der Waals surface area contributed by atoms with Crippen molar-refractivity contribution in [2.45, 2.75) is 18.4 Å². The molecule has 1 fully saturated rings. The number of amides is 1. The Labute approximate surface area is 123 Å². The fourth-order valence-electron chi connectivity index (χ4n) is 3.77. The first-order valence-electron chi connectivity index (χ1n) is 7.12. The summed E-state index contributed by atoms with van der Waals surface area (Å²) in [5, 5.41) is 1.33. The highest BCUT2D eigenvalue weighted by molar-refractivity contribution is 5.81. The molecule has 0 N–H and O–H groups in total. The zero-order valence-corrected chi connectivity index (χ0v) is 12.1. The first-order chi connectivity index (χ1) is 10.2. The summed E-state index contributed by atoms with van der Waals surface area (Å²) in [5.74, 6) is 0.0607. The summed E-state index contributed by atoms with van der Waals surface area (Å²) in [7, 11) is 3.18. The van der Waals surface area contributed by atoms with Gasteiger partial charge in [-0.3, -0.25) is 9.63 Å². The molecular weight excluding hydrogens is 266 g/mol. The third-order valence-corrected chi connectivity index (χ3v) is 4.91. The van der Waals surface area contributed by atoms with E-state index in [0.29, 0.717) is 0 Å². The van der Waals surface area contributed by atoms with Crippen molar-refractivity contribution in [1.29, 1.82) is 0 Å². The number of aromatic nitrogens is 2. The Kier molecular flexibility index (Phi) is 2.50. The monoisotopic (exact) mass is 283 g/mol. The van der Waals surface area contributed by atoms with Crippen molar-refractivity contribution < 1.29 is 9.63 Å². The molecule has 1 spiro atoms. The Balaban J connectivity index is 1.71. The van der Waals surface area contributed by atoms with Crippen LogP contribution < -0.4 is 0 Å². The molecule has 5 heteroatoms. The van der Waals surface area contributed by atoms with Crippen LogP contribution in [0.3, 0.4) is 0 Å². The van der Waals surface area contributed by atoms with Crippen LogP contribution in [0.15, 0.2) is 36.8 Å². The average Bonchev–Trinajstić information content (AvgIpc) is 3.03. The van der Waals surface area contributed by atoms with Crippen LogP contribution >= 0.6 is 0 Å². The first kappa shape index (κ1) is 12.6. The maximum absolute atomic E-state index is 12.2. The van der Waals surface area contributed by atoms with Crippen molar-refractivity contribution in [2.75, 3.05) is 14.2 Å². The Bertz CT molecular complexity index is 716. The van der Waals surface area contributed by atoms with Gasteiger partial charge in [0.05, 0.1) is 30.9 Å². The highest BCUT2D eigenvalue weighted by atomic mass is 16.7. The predicted octanol–water partition coefficient (Wildman–Crippen LogP) is 2.04. The molecule has 5 nitrogen and oxygen atoms in total. The summed E-state index contributed by atoms with van der Waals surface area (Å²) < 4.78 is 2.23. The van der Waals surface area contributed by atoms with Crippen molar-refractivity contribution in [3.8, 4) is 11.3 Å². The lowest BCUT2D eigenvalue weighted by Gasteiger charge is -2.46. The second kappa shape index (κ2) is 4.18. The third kappa shape index (κ3) is 1.49. The van der Waals surface area contributed by atoms with Gasteiger partial charge in [-0.1, -0.05) is 24.3 Å². The smallest absolute Gasteiger partial charge is 0.249 e. The largest absolute Gasteiger partial charge is 0.320 e. The van der Waals surface area contributed by atoms with Gasteiger partial charge in [-0.15, -0.1) is 0 Å². The Morgan fingerprint density at radius 3 is 2.95 bits per heavy atom. The van der Waals surface area contributed by atoms with E-state index in [1.54, 1.807) is 7.05 Å². The van der Waals surface area contributed by atoms with E-state index in [1.165, 1.54) is 23.3 Å². The van der Waals surface area contributed by atoms with E-state index in [2.05, 4.69) is 33.8 Å². The van der Waals surface area contributed by atoms with Gasteiger partial charge in [0.15, 0.2) is 0 Å². The highest BCUT2D eigenvalue weighted by Gasteiger charge is 2.54. The summed E-state index contributed by atoms with van der Waals surface area (Å²) >= 11 is 0. The second-order valence-electron chi connectivity index (χ2n) is 5.85. The topological polar surface area (TPSA) is 47.4 Å². The number of hydroxylamine groups is 2. The molecule has 1 amide bonds. The number of rotatable bonds is 2. The molecule has 1 aliphatic carbocycles. The molecule has 1 aromatic heterocycles. The van der Waals surface area contributed by atoms with E-state index in [-0.39, 0.29) is 17.4 Å². The number of carbonyl (C=O) groups is 1. The Morgan fingerprint density at radius 2 is 2.19 bits per heavy atom. The minimum Gasteiger partial charge on any atom is -0.320 e. The fraction of sp³-hybridized carbons (Fsp3) is 0.375. The van der Waals surface area contributed by atoms with Gasteiger partial charge in [0, 0.05) is 18.5 Å². The lowest BCUT2D eigenvalue weighted by molar-refractivity contribution is -0.179. The van der Waals surface area contributed by atoms with Crippen molar-refractivity contribution in [1.82, 2.24) is 14.6 Å². The number of imidazole rings is 1. The second-order valence-corrected chi connectivity index (χ2v) is 5.85. The van der Waals surface area contributed by atoms with E-state index < -0.39 is 0 Å². The molecule has 0 radical (unpaired) electrons. The van der Waals surface area contributed by atoms with Crippen molar-refractivity contribution in [3.63, 3.8) is 0 Å². The minimum absolute atomic E-state index is 0.0105. The van der Waals surface area contributed by atoms with Crippen molar-refractivity contribution >= 4 is 5.91 Å². The Morgan fingerprint density at radius 1 is 1.43 bits per heavy atom. The van der Waals surface area contributed by atoms with Crippen molar-refractivity contribution in [2.24, 2.45) is 5.92 Å². The van der Waals surface area contributed by atoms with E-state index in [1.807, 2.05) is 12.5 Å². The van der Waals surface area contributed by atoms with E-state index in [4.69, 9.17) is 4.84 Å². The first-order valence-corrected chi connectivity index (χ1v) is 7.12. The van der Waals surface area contributed by atoms with Gasteiger partial charge in [0.1, 0.15) is 0 Å². The molecule has 2 aliphatic rings. The number of fused-ring (bicyclic) bond motifs is 5. The van der Waals surface area contributed by atoms with E-state index >= 15 is 0 Å². The van der Waals surface area contributed by atoms with Gasteiger partial charge in [-0.2, -0.15) is 0 Å². The summed E-state index contributed by atoms with van der Waals surface area (Å²) in [6.07, 6.45) is 5.40. The van der Waals surface area contributed by atoms with Gasteiger partial charge >= 0.3 is 0 Å². The van der Waals surface area contributed by atoms with E-state index in [0.717, 1.165) is 18.5 Å². The van der Waals surface area contributed by atoms with E-state index in [9.17, 15) is 4.79 Å².